The predicted octanol–water partition coefficient (Wildman–Crippen LogP) is 3.13. The molecule has 2 aromatic rings. The van der Waals surface area contributed by atoms with Crippen LogP contribution in [0.4, 0.5) is 5.82 Å². The Hall–Kier alpha value is -3.78. The van der Waals surface area contributed by atoms with E-state index in [0.29, 0.717) is 41.5 Å². The van der Waals surface area contributed by atoms with Gasteiger partial charge in [0.25, 0.3) is 11.5 Å². The van der Waals surface area contributed by atoms with Crippen LogP contribution in [0.3, 0.4) is 0 Å². The zero-order valence-electron chi connectivity index (χ0n) is 17.4. The number of para-hydroxylation sites is 1. The molecule has 158 valence electrons. The van der Waals surface area contributed by atoms with E-state index in [1.807, 2.05) is 41.8 Å². The summed E-state index contributed by atoms with van der Waals surface area (Å²) in [4.78, 5) is 30.6. The number of amides is 1. The Labute approximate surface area is 179 Å². The van der Waals surface area contributed by atoms with Gasteiger partial charge in [-0.1, -0.05) is 24.3 Å². The van der Waals surface area contributed by atoms with E-state index in [1.165, 1.54) is 4.68 Å². The topological polar surface area (TPSA) is 91.0 Å². The monoisotopic (exact) mass is 417 g/mol. The minimum atomic E-state index is -0.373. The number of rotatable bonds is 7. The summed E-state index contributed by atoms with van der Waals surface area (Å²) in [5.41, 5.74) is 2.20. The van der Waals surface area contributed by atoms with Crippen molar-refractivity contribution in [1.82, 2.24) is 19.3 Å². The van der Waals surface area contributed by atoms with Crippen molar-refractivity contribution >= 4 is 11.7 Å². The average molecular weight is 417 g/mol. The zero-order chi connectivity index (χ0) is 21.8. The van der Waals surface area contributed by atoms with Gasteiger partial charge in [-0.05, 0) is 37.6 Å². The van der Waals surface area contributed by atoms with Gasteiger partial charge >= 0.3 is 0 Å². The molecule has 4 rings (SSSR count). The number of ether oxygens (including phenoxy) is 1. The maximum Gasteiger partial charge on any atom is 0.282 e. The van der Waals surface area contributed by atoms with Gasteiger partial charge in [-0.3, -0.25) is 9.59 Å². The second-order valence-electron chi connectivity index (χ2n) is 7.19. The van der Waals surface area contributed by atoms with Crippen LogP contribution < -0.4 is 10.9 Å². The molecule has 0 aliphatic carbocycles. The molecule has 0 saturated carbocycles. The first-order valence-electron chi connectivity index (χ1n) is 9.99. The fraction of sp³-hybridized carbons (Fsp3) is 0.217. The third-order valence-electron chi connectivity index (χ3n) is 4.86. The number of fused-ring (bicyclic) bond motifs is 1. The second-order valence-corrected chi connectivity index (χ2v) is 7.19. The molecule has 0 unspecified atom stereocenters. The van der Waals surface area contributed by atoms with Gasteiger partial charge in [-0.2, -0.15) is 9.78 Å². The Morgan fingerprint density at radius 2 is 1.90 bits per heavy atom. The molecule has 0 atom stereocenters. The van der Waals surface area contributed by atoms with Crippen LogP contribution in [0.1, 0.15) is 22.5 Å². The van der Waals surface area contributed by atoms with Crippen molar-refractivity contribution < 1.29 is 9.53 Å². The van der Waals surface area contributed by atoms with Gasteiger partial charge in [0, 0.05) is 38.3 Å². The van der Waals surface area contributed by atoms with E-state index in [2.05, 4.69) is 15.4 Å². The minimum Gasteiger partial charge on any atom is -0.385 e. The number of aromatic nitrogens is 4. The van der Waals surface area contributed by atoms with E-state index in [1.54, 1.807) is 37.7 Å². The Morgan fingerprint density at radius 3 is 2.65 bits per heavy atom. The lowest BCUT2D eigenvalue weighted by atomic mass is 10.1. The molecule has 1 amide bonds. The van der Waals surface area contributed by atoms with Crippen molar-refractivity contribution in [2.45, 2.75) is 19.9 Å². The molecule has 3 heterocycles. The summed E-state index contributed by atoms with van der Waals surface area (Å²) in [5, 5.41) is 7.30. The Bertz CT molecular complexity index is 1230. The molecule has 0 fully saturated rings. The lowest BCUT2D eigenvalue weighted by Gasteiger charge is -2.12. The fourth-order valence-electron chi connectivity index (χ4n) is 3.39. The normalized spacial score (nSPS) is 11.0. The largest absolute Gasteiger partial charge is 0.385 e. The molecule has 2 aliphatic heterocycles. The molecule has 8 heteroatoms. The lowest BCUT2D eigenvalue weighted by Crippen LogP contribution is -2.18. The molecule has 1 aromatic heterocycles. The summed E-state index contributed by atoms with van der Waals surface area (Å²) in [5.74, 6) is 0.0691. The molecule has 0 bridgehead atoms. The number of pyridine rings is 2. The highest BCUT2D eigenvalue weighted by Crippen LogP contribution is 2.23. The van der Waals surface area contributed by atoms with Crippen molar-refractivity contribution in [3.63, 3.8) is 0 Å². The van der Waals surface area contributed by atoms with Crippen molar-refractivity contribution in [3.05, 3.63) is 82.5 Å². The smallest absolute Gasteiger partial charge is 0.282 e. The number of nitrogens with zero attached hydrogens (tertiary/aromatic N) is 4. The number of anilines is 1. The maximum absolute atomic E-state index is 13.1. The Balaban J connectivity index is 1.79. The number of carbonyl (C=O) groups excluding carboxylic acids is 1. The van der Waals surface area contributed by atoms with E-state index in [9.17, 15) is 9.59 Å². The summed E-state index contributed by atoms with van der Waals surface area (Å²) in [6.07, 6.45) is 4.19. The SMILES string of the molecule is COCCCn1cc(C(=O)Nc2cccc(C)n2)c2nn(-c3ccccc3)c(=O)c-2c1. The number of methoxy groups -OCH3 is 1. The summed E-state index contributed by atoms with van der Waals surface area (Å²) >= 11 is 0. The van der Waals surface area contributed by atoms with Crippen LogP contribution in [0.25, 0.3) is 16.9 Å². The minimum absolute atomic E-state index is 0.273. The fourth-order valence-corrected chi connectivity index (χ4v) is 3.39. The standard InChI is InChI=1S/C23H23N5O3/c1-16-8-6-11-20(24-16)25-22(29)18-14-27(12-7-13-31-2)15-19-21(18)26-28(23(19)30)17-9-4-3-5-10-17/h3-6,8-11,14-15H,7,12-13H2,1-2H3,(H,24,25,29). The predicted molar refractivity (Wildman–Crippen MR) is 118 cm³/mol. The highest BCUT2D eigenvalue weighted by molar-refractivity contribution is 6.07. The quantitative estimate of drug-likeness (QED) is 0.467. The van der Waals surface area contributed by atoms with Gasteiger partial charge in [0.05, 0.1) is 16.8 Å². The van der Waals surface area contributed by atoms with Gasteiger partial charge in [0.2, 0.25) is 0 Å². The van der Waals surface area contributed by atoms with Crippen molar-refractivity contribution in [2.24, 2.45) is 0 Å². The van der Waals surface area contributed by atoms with E-state index >= 15 is 0 Å². The number of benzene rings is 1. The molecule has 0 radical (unpaired) electrons. The number of nitrogens with one attached hydrogen (secondary N) is 1. The van der Waals surface area contributed by atoms with E-state index in [-0.39, 0.29) is 11.5 Å². The zero-order valence-corrected chi connectivity index (χ0v) is 17.4. The first-order valence-corrected chi connectivity index (χ1v) is 9.99. The molecule has 31 heavy (non-hydrogen) atoms. The molecule has 0 saturated heterocycles. The number of hydrogen-bond acceptors (Lipinski definition) is 5. The second kappa shape index (κ2) is 8.93. The third kappa shape index (κ3) is 4.39. The van der Waals surface area contributed by atoms with Crippen molar-refractivity contribution in [2.75, 3.05) is 19.0 Å². The van der Waals surface area contributed by atoms with Crippen LogP contribution >= 0.6 is 0 Å². The first kappa shape index (κ1) is 20.5. The molecule has 0 spiro atoms. The highest BCUT2D eigenvalue weighted by atomic mass is 16.5. The molecular formula is C23H23N5O3. The summed E-state index contributed by atoms with van der Waals surface area (Å²) in [7, 11) is 1.64. The Kier molecular flexibility index (Phi) is 5.90. The highest BCUT2D eigenvalue weighted by Gasteiger charge is 2.24. The first-order chi connectivity index (χ1) is 15.1. The van der Waals surface area contributed by atoms with Crippen LogP contribution in [0.2, 0.25) is 0 Å². The maximum atomic E-state index is 13.1. The molecule has 2 aliphatic rings. The van der Waals surface area contributed by atoms with Crippen LogP contribution in [0.15, 0.2) is 65.7 Å². The van der Waals surface area contributed by atoms with Gasteiger partial charge in [-0.25, -0.2) is 4.98 Å². The van der Waals surface area contributed by atoms with Crippen molar-refractivity contribution in [1.29, 1.82) is 0 Å². The van der Waals surface area contributed by atoms with Crippen LogP contribution in [0, 0.1) is 6.92 Å². The summed E-state index contributed by atoms with van der Waals surface area (Å²) in [6.45, 7) is 3.03. The third-order valence-corrected chi connectivity index (χ3v) is 4.86. The van der Waals surface area contributed by atoms with Gasteiger partial charge in [-0.15, -0.1) is 0 Å². The van der Waals surface area contributed by atoms with Gasteiger partial charge in [0.15, 0.2) is 0 Å². The molecule has 1 aromatic carbocycles. The Morgan fingerprint density at radius 1 is 1.10 bits per heavy atom. The van der Waals surface area contributed by atoms with Crippen LogP contribution in [0.5, 0.6) is 0 Å². The van der Waals surface area contributed by atoms with Gasteiger partial charge in [0.1, 0.15) is 11.5 Å². The van der Waals surface area contributed by atoms with E-state index < -0.39 is 0 Å². The molecular weight excluding hydrogens is 394 g/mol. The van der Waals surface area contributed by atoms with E-state index in [4.69, 9.17) is 4.74 Å². The van der Waals surface area contributed by atoms with Crippen molar-refractivity contribution in [3.8, 4) is 16.9 Å². The summed E-state index contributed by atoms with van der Waals surface area (Å²) in [6, 6.07) is 14.5. The summed E-state index contributed by atoms with van der Waals surface area (Å²) < 4.78 is 8.28. The van der Waals surface area contributed by atoms with E-state index in [0.717, 1.165) is 12.1 Å². The van der Waals surface area contributed by atoms with Gasteiger partial charge < -0.3 is 14.6 Å². The number of hydrogen-bond donors (Lipinski definition) is 1. The number of carbonyl (C=O) groups is 1. The average Bonchev–Trinajstić information content (AvgIpc) is 3.10. The van der Waals surface area contributed by atoms with Crippen LogP contribution in [-0.4, -0.2) is 39.0 Å². The number of aryl methyl sites for hydroxylation is 2. The lowest BCUT2D eigenvalue weighted by molar-refractivity contribution is 0.102. The van der Waals surface area contributed by atoms with Crippen LogP contribution in [-0.2, 0) is 11.3 Å². The molecule has 8 nitrogen and oxygen atoms in total. The molecule has 1 N–H and O–H groups in total.